The van der Waals surface area contributed by atoms with Crippen LogP contribution >= 0.6 is 0 Å². The third kappa shape index (κ3) is 13.9. The lowest BCUT2D eigenvalue weighted by Gasteiger charge is -2.32. The van der Waals surface area contributed by atoms with Gasteiger partial charge in [0.2, 0.25) is 6.54 Å². The van der Waals surface area contributed by atoms with Gasteiger partial charge in [-0.1, -0.05) is 103 Å². The molecule has 0 aromatic heterocycles. The Morgan fingerprint density at radius 1 is 0.721 bits per heavy atom. The highest BCUT2D eigenvalue weighted by atomic mass is 16.7. The molecule has 0 spiro atoms. The molecular weight excluding hydrogens is 877 g/mol. The maximum atomic E-state index is 10.7. The van der Waals surface area contributed by atoms with Gasteiger partial charge in [0, 0.05) is 34.8 Å². The van der Waals surface area contributed by atoms with Gasteiger partial charge >= 0.3 is 21.4 Å². The first kappa shape index (κ1) is 51.6. The van der Waals surface area contributed by atoms with Crippen molar-refractivity contribution in [1.29, 1.82) is 0 Å². The molecule has 2 unspecified atom stereocenters. The Kier molecular flexibility index (Phi) is 18.6. The van der Waals surface area contributed by atoms with Crippen LogP contribution in [0.1, 0.15) is 69.1 Å². The number of nitro groups is 1. The minimum absolute atomic E-state index is 0.00201. The van der Waals surface area contributed by atoms with E-state index in [-0.39, 0.29) is 38.0 Å². The van der Waals surface area contributed by atoms with Crippen LogP contribution in [0.5, 0.6) is 17.2 Å². The fourth-order valence-corrected chi connectivity index (χ4v) is 7.38. The summed E-state index contributed by atoms with van der Waals surface area (Å²) in [6, 6.07) is 38.5. The summed E-state index contributed by atoms with van der Waals surface area (Å²) < 4.78 is 56.8. The van der Waals surface area contributed by atoms with Crippen LogP contribution in [-0.4, -0.2) is 93.5 Å². The Balaban J connectivity index is 0.000000165. The number of para-hydroxylation sites is 1. The number of carbonyl (C=O) groups is 1. The molecule has 5 aromatic carbocycles. The van der Waals surface area contributed by atoms with Crippen LogP contribution in [0.3, 0.4) is 0 Å². The zero-order valence-electron chi connectivity index (χ0n) is 38.8. The van der Waals surface area contributed by atoms with Crippen molar-refractivity contribution >= 4 is 43.7 Å². The number of hydrogen-bond acceptors (Lipinski definition) is 15. The van der Waals surface area contributed by atoms with E-state index in [4.69, 9.17) is 62.6 Å². The van der Waals surface area contributed by atoms with Crippen LogP contribution in [0.25, 0.3) is 0 Å². The third-order valence-electron chi connectivity index (χ3n) is 11.3. The van der Waals surface area contributed by atoms with Crippen molar-refractivity contribution in [1.82, 2.24) is 0 Å². The molecule has 0 bridgehead atoms. The molecule has 1 saturated heterocycles. The quantitative estimate of drug-likeness (QED) is 0.0451. The molecule has 1 fully saturated rings. The third-order valence-corrected chi connectivity index (χ3v) is 11.3. The topological polar surface area (TPSA) is 219 Å². The molecule has 0 aliphatic carbocycles. The number of ether oxygens (including phenoxy) is 5. The molecule has 4 N–H and O–H groups in total. The molecule has 68 heavy (non-hydrogen) atoms. The van der Waals surface area contributed by atoms with Crippen molar-refractivity contribution in [3.8, 4) is 17.2 Å². The maximum Gasteiger partial charge on any atom is 0.498 e. The number of hydrogen-bond donors (Lipinski definition) is 3. The van der Waals surface area contributed by atoms with Crippen molar-refractivity contribution in [2.75, 3.05) is 39.9 Å². The number of fused-ring (bicyclic) bond motifs is 1. The number of nitrogens with two attached hydrogens (primary N) is 1. The summed E-state index contributed by atoms with van der Waals surface area (Å²) >= 11 is 0. The predicted octanol–water partition coefficient (Wildman–Crippen LogP) is 4.73. The van der Waals surface area contributed by atoms with E-state index in [1.165, 1.54) is 0 Å². The standard InChI is InChI=1S/C20H25BO4.C16H16BNO6.C10H12BNO3.C2H4O2/c1-19(2)20(3,4)25-21(24-19)17-12-8-9-13-18(17)23-15-22-14-16-10-6-5-7-11-16;19-17-16-13(15(24-17)9-18(20)21)7-4-8-14(16)23-11-22-10-12-5-2-1-3-6-12;12-6-9-7-2-1-3-8-10(7)11(15-9)14-5-4-13-8;1-2(3)4/h5-13H,14-15H2,1-4H3;1-8,15,19H,9-11H2;1-3,9H,4-6,12H2;1H3,(H,3,4). The fourth-order valence-electron chi connectivity index (χ4n) is 7.38. The molecule has 0 radical (unpaired) electrons. The average molecular weight is 934 g/mol. The number of rotatable bonds is 14. The van der Waals surface area contributed by atoms with Crippen LogP contribution < -0.4 is 36.3 Å². The van der Waals surface area contributed by atoms with Gasteiger partial charge in [-0.3, -0.25) is 14.9 Å². The van der Waals surface area contributed by atoms with Gasteiger partial charge in [-0.15, -0.1) is 0 Å². The van der Waals surface area contributed by atoms with Gasteiger partial charge in [0.05, 0.1) is 37.1 Å². The van der Waals surface area contributed by atoms with Crippen molar-refractivity contribution in [2.24, 2.45) is 5.73 Å². The first-order chi connectivity index (χ1) is 32.7. The molecular formula is C48H57B3N2O15. The van der Waals surface area contributed by atoms with Gasteiger partial charge in [-0.2, -0.15) is 0 Å². The number of benzene rings is 5. The molecule has 5 aromatic rings. The van der Waals surface area contributed by atoms with E-state index in [2.05, 4.69) is 0 Å². The van der Waals surface area contributed by atoms with Crippen molar-refractivity contribution < 1.29 is 66.8 Å². The molecule has 9 rings (SSSR count). The Morgan fingerprint density at radius 2 is 1.25 bits per heavy atom. The molecule has 4 heterocycles. The normalized spacial score (nSPS) is 17.9. The molecule has 20 heteroatoms. The van der Waals surface area contributed by atoms with Crippen LogP contribution in [0.15, 0.2) is 121 Å². The fraction of sp³-hybridized carbons (Fsp3) is 0.354. The van der Waals surface area contributed by atoms with E-state index in [0.717, 1.165) is 40.3 Å². The Bertz CT molecular complexity index is 2380. The molecule has 17 nitrogen and oxygen atoms in total. The predicted molar refractivity (Wildman–Crippen MR) is 255 cm³/mol. The molecule has 4 aliphatic rings. The zero-order chi connectivity index (χ0) is 48.7. The largest absolute Gasteiger partial charge is 0.498 e. The van der Waals surface area contributed by atoms with E-state index < -0.39 is 37.8 Å². The Hall–Kier alpha value is -5.80. The highest BCUT2D eigenvalue weighted by molar-refractivity contribution is 6.64. The summed E-state index contributed by atoms with van der Waals surface area (Å²) in [6.07, 6.45) is -0.842. The number of carboxylic acids is 1. The smallest absolute Gasteiger partial charge is 0.492 e. The summed E-state index contributed by atoms with van der Waals surface area (Å²) in [5, 5.41) is 28.1. The first-order valence-electron chi connectivity index (χ1n) is 22.1. The highest BCUT2D eigenvalue weighted by Crippen LogP contribution is 2.37. The van der Waals surface area contributed by atoms with E-state index in [1.807, 2.05) is 131 Å². The van der Waals surface area contributed by atoms with E-state index in [0.29, 0.717) is 55.5 Å². The molecule has 0 amide bonds. The van der Waals surface area contributed by atoms with Crippen molar-refractivity contribution in [3.63, 3.8) is 0 Å². The van der Waals surface area contributed by atoms with Crippen LogP contribution in [0.2, 0.25) is 0 Å². The second kappa shape index (κ2) is 24.5. The lowest BCUT2D eigenvalue weighted by atomic mass is 9.78. The Labute approximate surface area is 397 Å². The first-order valence-corrected chi connectivity index (χ1v) is 22.1. The van der Waals surface area contributed by atoms with Crippen LogP contribution in [0, 0.1) is 10.1 Å². The lowest BCUT2D eigenvalue weighted by Crippen LogP contribution is -2.41. The van der Waals surface area contributed by atoms with Gasteiger partial charge < -0.3 is 62.8 Å². The summed E-state index contributed by atoms with van der Waals surface area (Å²) in [7, 11) is -1.99. The van der Waals surface area contributed by atoms with Gasteiger partial charge in [0.15, 0.2) is 13.6 Å². The minimum atomic E-state index is -1.24. The van der Waals surface area contributed by atoms with E-state index >= 15 is 0 Å². The van der Waals surface area contributed by atoms with Crippen LogP contribution in [0.4, 0.5) is 0 Å². The summed E-state index contributed by atoms with van der Waals surface area (Å²) in [4.78, 5) is 19.2. The van der Waals surface area contributed by atoms with Crippen molar-refractivity contribution in [2.45, 2.75) is 71.2 Å². The van der Waals surface area contributed by atoms with Gasteiger partial charge in [0.25, 0.3) is 5.97 Å². The molecule has 358 valence electrons. The monoisotopic (exact) mass is 934 g/mol. The van der Waals surface area contributed by atoms with Crippen LogP contribution in [-0.2, 0) is 50.8 Å². The second-order valence-corrected chi connectivity index (χ2v) is 16.8. The molecule has 4 aliphatic heterocycles. The summed E-state index contributed by atoms with van der Waals surface area (Å²) in [5.41, 5.74) is 11.0. The van der Waals surface area contributed by atoms with Gasteiger partial charge in [-0.05, 0) is 68.1 Å². The lowest BCUT2D eigenvalue weighted by molar-refractivity contribution is -0.490. The van der Waals surface area contributed by atoms with E-state index in [1.54, 1.807) is 18.2 Å². The molecule has 2 atom stereocenters. The van der Waals surface area contributed by atoms with E-state index in [9.17, 15) is 15.1 Å². The van der Waals surface area contributed by atoms with Crippen molar-refractivity contribution in [3.05, 3.63) is 154 Å². The Morgan fingerprint density at radius 3 is 1.84 bits per heavy atom. The number of carboxylic acid groups (broad SMARTS) is 1. The van der Waals surface area contributed by atoms with Gasteiger partial charge in [-0.25, -0.2) is 0 Å². The molecule has 0 saturated carbocycles. The maximum absolute atomic E-state index is 10.7. The second-order valence-electron chi connectivity index (χ2n) is 16.8. The number of nitrogens with zero attached hydrogens (tertiary/aromatic N) is 1. The average Bonchev–Trinajstić information content (AvgIpc) is 3.85. The highest BCUT2D eigenvalue weighted by Gasteiger charge is 2.52. The summed E-state index contributed by atoms with van der Waals surface area (Å²) in [6.45, 7) is 11.5. The summed E-state index contributed by atoms with van der Waals surface area (Å²) in [5.74, 6) is 1.15. The van der Waals surface area contributed by atoms with Gasteiger partial charge in [0.1, 0.15) is 30.0 Å². The zero-order valence-corrected chi connectivity index (χ0v) is 38.8. The minimum Gasteiger partial charge on any atom is -0.492 e. The SMILES string of the molecule is CC(=O)O.CC1(C)OB(c2ccccc2OCOCc2ccccc2)OC1(C)C.NCC1OB2OCCOc3cccc1c32.O=[N+]([O-])CC1OB(O)c2c(OCOCc3ccccc3)cccc21. The number of aliphatic carboxylic acids is 1.